The van der Waals surface area contributed by atoms with Crippen LogP contribution in [0.3, 0.4) is 0 Å². The molecule has 4 heterocycles. The maximum absolute atomic E-state index is 13.8. The van der Waals surface area contributed by atoms with Gasteiger partial charge >= 0.3 is 0 Å². The molecule has 5 unspecified atom stereocenters. The Labute approximate surface area is 329 Å². The number of hydrogen-bond donors (Lipinski definition) is 3. The third-order valence-corrected chi connectivity index (χ3v) is 15.4. The molecular formula is C44H51N7O4S. The van der Waals surface area contributed by atoms with E-state index in [2.05, 4.69) is 33.1 Å². The normalized spacial score (nSPS) is 28.7. The number of H-pyrrole nitrogens is 1. The minimum Gasteiger partial charge on any atom is -0.344 e. The van der Waals surface area contributed by atoms with Crippen LogP contribution in [-0.2, 0) is 19.6 Å². The molecule has 292 valence electrons. The van der Waals surface area contributed by atoms with E-state index in [4.69, 9.17) is 9.97 Å². The summed E-state index contributed by atoms with van der Waals surface area (Å²) in [4.78, 5) is 41.9. The van der Waals surface area contributed by atoms with Crippen molar-refractivity contribution in [3.63, 3.8) is 0 Å². The van der Waals surface area contributed by atoms with Crippen molar-refractivity contribution in [2.45, 2.75) is 121 Å². The Morgan fingerprint density at radius 3 is 2.43 bits per heavy atom. The predicted octanol–water partition coefficient (Wildman–Crippen LogP) is 7.87. The van der Waals surface area contributed by atoms with Crippen molar-refractivity contribution in [2.75, 3.05) is 11.9 Å². The summed E-state index contributed by atoms with van der Waals surface area (Å²) in [6.07, 6.45) is 14.0. The van der Waals surface area contributed by atoms with Crippen LogP contribution >= 0.6 is 0 Å². The van der Waals surface area contributed by atoms with E-state index >= 15 is 0 Å². The van der Waals surface area contributed by atoms with E-state index in [1.165, 1.54) is 72.4 Å². The fraction of sp³-hybridized carbons (Fsp3) is 0.523. The van der Waals surface area contributed by atoms with Gasteiger partial charge in [0.25, 0.3) is 10.0 Å². The number of pyridine rings is 1. The number of aromatic amines is 1. The Kier molecular flexibility index (Phi) is 8.30. The van der Waals surface area contributed by atoms with E-state index in [9.17, 15) is 18.0 Å². The predicted molar refractivity (Wildman–Crippen MR) is 216 cm³/mol. The van der Waals surface area contributed by atoms with Crippen LogP contribution in [0.1, 0.15) is 138 Å². The number of amides is 2. The van der Waals surface area contributed by atoms with Crippen LogP contribution < -0.4 is 10.6 Å². The van der Waals surface area contributed by atoms with Gasteiger partial charge in [-0.25, -0.2) is 4.98 Å². The lowest BCUT2D eigenvalue weighted by atomic mass is 9.70. The number of nitrogens with one attached hydrogen (secondary N) is 3. The highest BCUT2D eigenvalue weighted by Gasteiger charge is 2.48. The minimum absolute atomic E-state index is 0.0170. The van der Waals surface area contributed by atoms with Gasteiger partial charge in [0.1, 0.15) is 22.6 Å². The molecule has 10 rings (SSSR count). The molecule has 3 saturated carbocycles. The molecule has 0 radical (unpaired) electrons. The first-order valence-electron chi connectivity index (χ1n) is 20.7. The van der Waals surface area contributed by atoms with Crippen LogP contribution in [-0.4, -0.2) is 58.5 Å². The maximum Gasteiger partial charge on any atom is 0.286 e. The number of likely N-dealkylation sites (tertiary alicyclic amines) is 1. The molecule has 5 aliphatic carbocycles. The van der Waals surface area contributed by atoms with Gasteiger partial charge in [0.15, 0.2) is 0 Å². The zero-order valence-corrected chi connectivity index (χ0v) is 33.7. The number of aromatic nitrogens is 3. The smallest absolute Gasteiger partial charge is 0.286 e. The molecule has 11 nitrogen and oxygen atoms in total. The summed E-state index contributed by atoms with van der Waals surface area (Å²) < 4.78 is 29.5. The van der Waals surface area contributed by atoms with Crippen LogP contribution in [0.5, 0.6) is 0 Å². The SMILES string of the molecule is CC(=O)N[C@H](C(=O)N1CCC[C@H]1c1ncc(C2=C3C(=C(c4cnc(-c5ccc6c(c5)NC(C)=NS6(=O)=O)c5c4C4CCC5C4)CC2C)C2CCC3C2)[nH]1)C(C)C. The Bertz CT molecular complexity index is 2430. The number of nitrogens with zero attached hydrogens (tertiary/aromatic N) is 4. The highest BCUT2D eigenvalue weighted by molar-refractivity contribution is 7.90. The average molecular weight is 774 g/mol. The largest absolute Gasteiger partial charge is 0.344 e. The molecule has 3 N–H and O–H groups in total. The third-order valence-electron chi connectivity index (χ3n) is 14.0. The van der Waals surface area contributed by atoms with E-state index in [0.717, 1.165) is 48.5 Å². The molecule has 4 bridgehead atoms. The summed E-state index contributed by atoms with van der Waals surface area (Å²) in [7, 11) is -3.73. The van der Waals surface area contributed by atoms with Crippen molar-refractivity contribution in [3.05, 3.63) is 69.9 Å². The van der Waals surface area contributed by atoms with Crippen LogP contribution in [0.25, 0.3) is 22.4 Å². The monoisotopic (exact) mass is 773 g/mol. The highest BCUT2D eigenvalue weighted by Crippen LogP contribution is 2.63. The summed E-state index contributed by atoms with van der Waals surface area (Å²) in [5.41, 5.74) is 13.7. The second-order valence-electron chi connectivity index (χ2n) is 17.9. The van der Waals surface area contributed by atoms with Crippen LogP contribution in [0.15, 0.2) is 51.0 Å². The van der Waals surface area contributed by atoms with Gasteiger partial charge in [0.2, 0.25) is 11.8 Å². The van der Waals surface area contributed by atoms with E-state index in [-0.39, 0.29) is 34.6 Å². The first kappa shape index (κ1) is 35.8. The van der Waals surface area contributed by atoms with Gasteiger partial charge < -0.3 is 20.5 Å². The molecule has 3 aromatic rings. The molecule has 2 amide bonds. The standard InChI is InChI=1S/C44H51N7O4S/c1-21(2)41(48-24(5)52)44(53)51-14-6-7-34(51)43-46-20-33(49-43)36-22(3)15-30(37-25-8-10-27(16-25)39(36)37)31-19-45-42(40-28-11-9-26(17-28)38(31)40)29-12-13-35-32(18-29)47-23(4)50-56(35,54)55/h12-13,18-22,25-28,34,41H,6-11,14-17H2,1-5H3,(H,46,49)(H,47,50)(H,48,52)/t22?,25?,26?,27?,28?,34-,41-/m0/s1. The van der Waals surface area contributed by atoms with Crippen molar-refractivity contribution < 1.29 is 18.0 Å². The number of imidazole rings is 1. The average Bonchev–Trinajstić information content (AvgIpc) is 4.01. The summed E-state index contributed by atoms with van der Waals surface area (Å²) in [6.45, 7) is 10.1. The molecule has 1 aromatic carbocycles. The minimum atomic E-state index is -3.73. The number of rotatable bonds is 7. The van der Waals surface area contributed by atoms with Crippen molar-refractivity contribution in [3.8, 4) is 11.3 Å². The molecule has 0 spiro atoms. The van der Waals surface area contributed by atoms with Gasteiger partial charge in [0.05, 0.1) is 29.3 Å². The first-order chi connectivity index (χ1) is 26.9. The second kappa shape index (κ2) is 13.0. The number of benzene rings is 1. The number of carbonyl (C=O) groups excluding carboxylic acids is 2. The lowest BCUT2D eigenvalue weighted by Gasteiger charge is -2.35. The zero-order valence-electron chi connectivity index (χ0n) is 32.9. The number of anilines is 1. The van der Waals surface area contributed by atoms with Gasteiger partial charge in [-0.05, 0) is 146 Å². The zero-order chi connectivity index (χ0) is 38.8. The number of allylic oxidation sites excluding steroid dienone is 4. The summed E-state index contributed by atoms with van der Waals surface area (Å²) in [5.74, 6) is 3.30. The van der Waals surface area contributed by atoms with Gasteiger partial charge in [-0.1, -0.05) is 26.8 Å². The lowest BCUT2D eigenvalue weighted by molar-refractivity contribution is -0.138. The molecule has 56 heavy (non-hydrogen) atoms. The van der Waals surface area contributed by atoms with E-state index in [1.807, 2.05) is 37.1 Å². The Morgan fingerprint density at radius 1 is 0.929 bits per heavy atom. The quantitative estimate of drug-likeness (QED) is 0.221. The molecule has 7 aliphatic rings. The van der Waals surface area contributed by atoms with Crippen molar-refractivity contribution in [2.24, 2.45) is 28.1 Å². The molecular weight excluding hydrogens is 723 g/mol. The van der Waals surface area contributed by atoms with E-state index in [1.54, 1.807) is 18.6 Å². The number of amidine groups is 1. The number of hydrogen-bond acceptors (Lipinski definition) is 7. The second-order valence-corrected chi connectivity index (χ2v) is 19.4. The van der Waals surface area contributed by atoms with E-state index in [0.29, 0.717) is 41.7 Å². The summed E-state index contributed by atoms with van der Waals surface area (Å²) in [6, 6.07) is 4.83. The van der Waals surface area contributed by atoms with Crippen molar-refractivity contribution in [1.29, 1.82) is 0 Å². The molecule has 7 atom stereocenters. The molecule has 4 fully saturated rings. The number of sulfonamides is 1. The topological polar surface area (TPSA) is 150 Å². The van der Waals surface area contributed by atoms with Crippen molar-refractivity contribution in [1.82, 2.24) is 25.2 Å². The Balaban J connectivity index is 1.04. The van der Waals surface area contributed by atoms with Crippen molar-refractivity contribution >= 4 is 44.5 Å². The number of fused-ring (bicyclic) bond motifs is 11. The van der Waals surface area contributed by atoms with Gasteiger partial charge in [0, 0.05) is 30.8 Å². The Hall–Kier alpha value is -4.58. The van der Waals surface area contributed by atoms with Crippen LogP contribution in [0, 0.1) is 23.7 Å². The summed E-state index contributed by atoms with van der Waals surface area (Å²) in [5, 5.41) is 6.08. The fourth-order valence-electron chi connectivity index (χ4n) is 11.9. The Morgan fingerprint density at radius 2 is 1.66 bits per heavy atom. The molecule has 12 heteroatoms. The molecule has 2 aromatic heterocycles. The highest BCUT2D eigenvalue weighted by atomic mass is 32.2. The third kappa shape index (κ3) is 5.48. The van der Waals surface area contributed by atoms with Gasteiger partial charge in [-0.15, -0.1) is 4.40 Å². The molecule has 1 saturated heterocycles. The fourth-order valence-corrected chi connectivity index (χ4v) is 13.0. The number of carbonyl (C=O) groups is 2. The molecule has 2 aliphatic heterocycles. The summed E-state index contributed by atoms with van der Waals surface area (Å²) >= 11 is 0. The van der Waals surface area contributed by atoms with Crippen LogP contribution in [0.2, 0.25) is 0 Å². The maximum atomic E-state index is 13.8. The first-order valence-corrected chi connectivity index (χ1v) is 22.2. The van der Waals surface area contributed by atoms with E-state index < -0.39 is 16.1 Å². The van der Waals surface area contributed by atoms with Gasteiger partial charge in [-0.2, -0.15) is 8.42 Å². The van der Waals surface area contributed by atoms with Gasteiger partial charge in [-0.3, -0.25) is 14.6 Å². The lowest BCUT2D eigenvalue weighted by Crippen LogP contribution is -2.50. The van der Waals surface area contributed by atoms with Crippen LogP contribution in [0.4, 0.5) is 5.69 Å².